The van der Waals surface area contributed by atoms with Gasteiger partial charge in [0.15, 0.2) is 0 Å². The molecule has 0 aliphatic heterocycles. The Kier molecular flexibility index (Phi) is 5.02. The van der Waals surface area contributed by atoms with Crippen LogP contribution in [0.25, 0.3) is 0 Å². The minimum absolute atomic E-state index is 0. The third kappa shape index (κ3) is 3.00. The summed E-state index contributed by atoms with van der Waals surface area (Å²) in [7, 11) is 0. The van der Waals surface area contributed by atoms with E-state index in [-0.39, 0.29) is 51.0 Å². The van der Waals surface area contributed by atoms with E-state index in [4.69, 9.17) is 28.3 Å². The molecule has 0 unspecified atom stereocenters. The normalized spacial score (nSPS) is 9.08. The number of nitrogens with zero attached hydrogens (tertiary/aromatic N) is 1. The van der Waals surface area contributed by atoms with E-state index < -0.39 is 4.92 Å². The van der Waals surface area contributed by atoms with Gasteiger partial charge in [-0.2, -0.15) is 0 Å². The number of nitro groups is 1. The van der Waals surface area contributed by atoms with E-state index >= 15 is 0 Å². The third-order valence-electron chi connectivity index (χ3n) is 1.21. The molecule has 0 saturated heterocycles. The average Bonchev–Trinajstić information content (AvgIpc) is 1.96. The molecule has 0 atom stereocenters. The van der Waals surface area contributed by atoms with E-state index in [1.807, 2.05) is 0 Å². The second-order valence-corrected chi connectivity index (χ2v) is 2.83. The molecule has 1 aromatic carbocycles. The first kappa shape index (κ1) is 13.0. The zero-order valence-corrected chi connectivity index (χ0v) is 7.13. The zero-order valence-electron chi connectivity index (χ0n) is 5.62. The van der Waals surface area contributed by atoms with Crippen LogP contribution < -0.4 is 0 Å². The zero-order chi connectivity index (χ0) is 9.30. The van der Waals surface area contributed by atoms with Crippen molar-refractivity contribution < 1.29 is 10.0 Å². The van der Waals surface area contributed by atoms with Crippen LogP contribution in [-0.2, 0) is 0 Å². The SMILES string of the molecule is O=[N+]([O-])c1cc(O)c(Cl)cc1Cl.[NaH]. The van der Waals surface area contributed by atoms with Crippen molar-refractivity contribution in [3.63, 3.8) is 0 Å². The number of hydrogen-bond acceptors (Lipinski definition) is 3. The van der Waals surface area contributed by atoms with Gasteiger partial charge in [-0.3, -0.25) is 10.1 Å². The Hall–Kier alpha value is 0. The summed E-state index contributed by atoms with van der Waals surface area (Å²) in [4.78, 5) is 9.56. The quantitative estimate of drug-likeness (QED) is 0.457. The van der Waals surface area contributed by atoms with Gasteiger partial charge in [-0.1, -0.05) is 23.2 Å². The van der Waals surface area contributed by atoms with Crippen molar-refractivity contribution in [1.82, 2.24) is 0 Å². The van der Waals surface area contributed by atoms with Crippen LogP contribution >= 0.6 is 23.2 Å². The summed E-state index contributed by atoms with van der Waals surface area (Å²) in [6.45, 7) is 0. The predicted octanol–water partition coefficient (Wildman–Crippen LogP) is 1.96. The van der Waals surface area contributed by atoms with Gasteiger partial charge in [0.05, 0.1) is 16.0 Å². The van der Waals surface area contributed by atoms with Crippen LogP contribution in [0.15, 0.2) is 12.1 Å². The van der Waals surface area contributed by atoms with Gasteiger partial charge in [0, 0.05) is 0 Å². The van der Waals surface area contributed by atoms with Crippen LogP contribution in [0.2, 0.25) is 10.0 Å². The van der Waals surface area contributed by atoms with E-state index in [0.29, 0.717) is 0 Å². The summed E-state index contributed by atoms with van der Waals surface area (Å²) in [6, 6.07) is 2.03. The molecule has 7 heteroatoms. The molecule has 0 aromatic heterocycles. The molecule has 0 aliphatic carbocycles. The van der Waals surface area contributed by atoms with E-state index in [2.05, 4.69) is 0 Å². The maximum absolute atomic E-state index is 10.3. The van der Waals surface area contributed by atoms with Gasteiger partial charge in [-0.25, -0.2) is 0 Å². The van der Waals surface area contributed by atoms with E-state index in [1.165, 1.54) is 0 Å². The number of rotatable bonds is 1. The molecule has 0 bridgehead atoms. The van der Waals surface area contributed by atoms with Crippen LogP contribution in [0.5, 0.6) is 5.75 Å². The van der Waals surface area contributed by atoms with Gasteiger partial charge in [0.1, 0.15) is 10.8 Å². The van der Waals surface area contributed by atoms with Crippen molar-refractivity contribution in [3.8, 4) is 5.75 Å². The molecule has 0 heterocycles. The Morgan fingerprint density at radius 3 is 2.31 bits per heavy atom. The Morgan fingerprint density at radius 1 is 1.31 bits per heavy atom. The molecular weight excluding hydrogens is 228 g/mol. The first-order valence-electron chi connectivity index (χ1n) is 2.85. The number of halogens is 2. The number of hydrogen-bond donors (Lipinski definition) is 1. The molecule has 0 radical (unpaired) electrons. The first-order chi connectivity index (χ1) is 5.52. The summed E-state index contributed by atoms with van der Waals surface area (Å²) in [5.74, 6) is -0.354. The minimum atomic E-state index is -0.696. The first-order valence-corrected chi connectivity index (χ1v) is 3.60. The van der Waals surface area contributed by atoms with Gasteiger partial charge >= 0.3 is 29.6 Å². The van der Waals surface area contributed by atoms with E-state index in [1.54, 1.807) is 0 Å². The van der Waals surface area contributed by atoms with E-state index in [0.717, 1.165) is 12.1 Å². The van der Waals surface area contributed by atoms with Crippen LogP contribution in [0, 0.1) is 10.1 Å². The van der Waals surface area contributed by atoms with Gasteiger partial charge in [0.25, 0.3) is 5.69 Å². The molecule has 4 nitrogen and oxygen atoms in total. The standard InChI is InChI=1S/C6H3Cl2NO3.Na.H/c7-3-1-4(8)6(10)2-5(3)9(11)12;;/h1-2,10H;;. The molecule has 13 heavy (non-hydrogen) atoms. The molecule has 0 fully saturated rings. The molecule has 1 rings (SSSR count). The number of nitro benzene ring substituents is 1. The number of phenols is 1. The summed E-state index contributed by atoms with van der Waals surface area (Å²) in [5.41, 5.74) is -0.362. The average molecular weight is 232 g/mol. The summed E-state index contributed by atoms with van der Waals surface area (Å²) in [5, 5.41) is 19.1. The fraction of sp³-hybridized carbons (Fsp3) is 0. The van der Waals surface area contributed by atoms with Gasteiger partial charge < -0.3 is 5.11 Å². The second-order valence-electron chi connectivity index (χ2n) is 2.01. The summed E-state index contributed by atoms with van der Waals surface area (Å²) < 4.78 is 0. The van der Waals surface area contributed by atoms with Crippen molar-refractivity contribution in [1.29, 1.82) is 0 Å². The fourth-order valence-electron chi connectivity index (χ4n) is 0.666. The van der Waals surface area contributed by atoms with Crippen molar-refractivity contribution in [2.24, 2.45) is 0 Å². The number of aromatic hydroxyl groups is 1. The Labute approximate surface area is 106 Å². The van der Waals surface area contributed by atoms with E-state index in [9.17, 15) is 10.1 Å². The Morgan fingerprint density at radius 2 is 1.85 bits per heavy atom. The summed E-state index contributed by atoms with van der Waals surface area (Å²) in [6.07, 6.45) is 0. The van der Waals surface area contributed by atoms with Gasteiger partial charge in [0.2, 0.25) is 0 Å². The maximum atomic E-state index is 10.3. The van der Waals surface area contributed by atoms with Crippen molar-refractivity contribution in [3.05, 3.63) is 32.3 Å². The monoisotopic (exact) mass is 231 g/mol. The third-order valence-corrected chi connectivity index (χ3v) is 1.82. The summed E-state index contributed by atoms with van der Waals surface area (Å²) >= 11 is 10.9. The van der Waals surface area contributed by atoms with Gasteiger partial charge in [-0.15, -0.1) is 0 Å². The van der Waals surface area contributed by atoms with Crippen LogP contribution in [-0.4, -0.2) is 39.6 Å². The molecule has 1 N–H and O–H groups in total. The van der Waals surface area contributed by atoms with Crippen molar-refractivity contribution >= 4 is 58.4 Å². The number of phenolic OH excluding ortho intramolecular Hbond substituents is 1. The molecular formula is C6H4Cl2NNaO3. The Balaban J connectivity index is 0.00000144. The molecule has 66 valence electrons. The van der Waals surface area contributed by atoms with Crippen molar-refractivity contribution in [2.45, 2.75) is 0 Å². The fourth-order valence-corrected chi connectivity index (χ4v) is 1.12. The molecule has 1 aromatic rings. The Bertz CT molecular complexity index is 345. The second kappa shape index (κ2) is 5.02. The predicted molar refractivity (Wildman–Crippen MR) is 51.9 cm³/mol. The topological polar surface area (TPSA) is 63.4 Å². The molecule has 0 amide bonds. The van der Waals surface area contributed by atoms with Crippen LogP contribution in [0.1, 0.15) is 0 Å². The number of benzene rings is 1. The molecule has 0 aliphatic rings. The molecule has 0 saturated carbocycles. The molecule has 0 spiro atoms. The van der Waals surface area contributed by atoms with Crippen LogP contribution in [0.3, 0.4) is 0 Å². The van der Waals surface area contributed by atoms with Gasteiger partial charge in [-0.05, 0) is 6.07 Å². The van der Waals surface area contributed by atoms with Crippen LogP contribution in [0.4, 0.5) is 5.69 Å². The van der Waals surface area contributed by atoms with Crippen molar-refractivity contribution in [2.75, 3.05) is 0 Å².